The molecule has 1 fully saturated rings. The summed E-state index contributed by atoms with van der Waals surface area (Å²) in [6.45, 7) is 6.67. The number of likely N-dealkylation sites (tertiary alicyclic amines) is 1. The van der Waals surface area contributed by atoms with E-state index in [-0.39, 0.29) is 17.2 Å². The van der Waals surface area contributed by atoms with E-state index in [9.17, 15) is 9.90 Å². The Morgan fingerprint density at radius 2 is 1.85 bits per heavy atom. The highest BCUT2D eigenvalue weighted by molar-refractivity contribution is 6.37. The molecular formula is C24H24Cl2N6O2. The Bertz CT molecular complexity index is 1420. The maximum Gasteiger partial charge on any atom is 0.262 e. The number of rotatable bonds is 5. The Kier molecular flexibility index (Phi) is 6.06. The minimum absolute atomic E-state index is 0.0363. The van der Waals surface area contributed by atoms with Crippen LogP contribution in [0.1, 0.15) is 43.9 Å². The summed E-state index contributed by atoms with van der Waals surface area (Å²) in [5.74, 6) is 0.452. The second-order valence-corrected chi connectivity index (χ2v) is 9.66. The number of H-pyrrole nitrogens is 1. The highest BCUT2D eigenvalue weighted by Gasteiger charge is 2.23. The molecule has 4 aromatic rings. The van der Waals surface area contributed by atoms with Crippen LogP contribution in [0, 0.1) is 0 Å². The summed E-state index contributed by atoms with van der Waals surface area (Å²) in [7, 11) is 0. The van der Waals surface area contributed by atoms with Crippen LogP contribution in [0.2, 0.25) is 10.0 Å². The molecule has 3 aromatic heterocycles. The first-order chi connectivity index (χ1) is 16.3. The highest BCUT2D eigenvalue weighted by Crippen LogP contribution is 2.32. The largest absolute Gasteiger partial charge is 0.508 e. The Morgan fingerprint density at radius 3 is 2.50 bits per heavy atom. The van der Waals surface area contributed by atoms with Crippen molar-refractivity contribution in [2.45, 2.75) is 39.2 Å². The molecular weight excluding hydrogens is 475 g/mol. The van der Waals surface area contributed by atoms with E-state index in [0.29, 0.717) is 50.4 Å². The van der Waals surface area contributed by atoms with Crippen molar-refractivity contribution < 1.29 is 5.11 Å². The van der Waals surface area contributed by atoms with Gasteiger partial charge >= 0.3 is 0 Å². The van der Waals surface area contributed by atoms with E-state index in [1.807, 2.05) is 26.0 Å². The van der Waals surface area contributed by atoms with Gasteiger partial charge in [0.25, 0.3) is 5.56 Å². The van der Waals surface area contributed by atoms with Gasteiger partial charge in [-0.25, -0.2) is 9.67 Å². The van der Waals surface area contributed by atoms with E-state index in [1.54, 1.807) is 6.07 Å². The lowest BCUT2D eigenvalue weighted by atomic mass is 10.1. The minimum atomic E-state index is -0.322. The number of phenolic OH excluding ortho intramolecular Hbond substituents is 1. The lowest BCUT2D eigenvalue weighted by molar-refractivity contribution is 0.324. The van der Waals surface area contributed by atoms with Crippen LogP contribution in [0.25, 0.3) is 28.1 Å². The molecule has 0 radical (unpaired) electrons. The van der Waals surface area contributed by atoms with Gasteiger partial charge in [0.15, 0.2) is 5.65 Å². The van der Waals surface area contributed by atoms with E-state index in [2.05, 4.69) is 20.0 Å². The van der Waals surface area contributed by atoms with Crippen molar-refractivity contribution >= 4 is 34.2 Å². The zero-order valence-corrected chi connectivity index (χ0v) is 20.4. The number of fused-ring (bicyclic) bond motifs is 1. The molecule has 0 amide bonds. The molecule has 0 unspecified atom stereocenters. The molecule has 0 spiro atoms. The van der Waals surface area contributed by atoms with Crippen LogP contribution < -0.4 is 5.56 Å². The average molecular weight is 499 g/mol. The van der Waals surface area contributed by atoms with Gasteiger partial charge in [0.05, 0.1) is 15.7 Å². The summed E-state index contributed by atoms with van der Waals surface area (Å²) in [4.78, 5) is 27.1. The van der Waals surface area contributed by atoms with Crippen molar-refractivity contribution in [3.63, 3.8) is 0 Å². The zero-order chi connectivity index (χ0) is 24.0. The van der Waals surface area contributed by atoms with Crippen LogP contribution in [0.4, 0.5) is 0 Å². The zero-order valence-electron chi connectivity index (χ0n) is 18.8. The van der Waals surface area contributed by atoms with Gasteiger partial charge in [0.2, 0.25) is 0 Å². The van der Waals surface area contributed by atoms with E-state index >= 15 is 0 Å². The predicted molar refractivity (Wildman–Crippen MR) is 133 cm³/mol. The molecule has 2 N–H and O–H groups in total. The molecule has 5 rings (SSSR count). The van der Waals surface area contributed by atoms with Gasteiger partial charge in [0.1, 0.15) is 22.6 Å². The first kappa shape index (κ1) is 22.8. The Hall–Kier alpha value is -2.94. The number of nitrogens with zero attached hydrogens (tertiary/aromatic N) is 5. The number of aromatic hydroxyl groups is 1. The van der Waals surface area contributed by atoms with Crippen LogP contribution in [-0.4, -0.2) is 47.8 Å². The maximum atomic E-state index is 13.2. The first-order valence-electron chi connectivity index (χ1n) is 11.2. The second-order valence-electron chi connectivity index (χ2n) is 8.84. The van der Waals surface area contributed by atoms with Crippen LogP contribution in [0.15, 0.2) is 35.4 Å². The Balaban J connectivity index is 1.65. The molecule has 34 heavy (non-hydrogen) atoms. The SMILES string of the molecule is CC(C)c1nn(-c2c(Cl)cncc2Cl)c2nc(-c3ccc(CN4CCCC4)c(O)c3)[nH]c(=O)c12. The summed E-state index contributed by atoms with van der Waals surface area (Å²) >= 11 is 12.8. The van der Waals surface area contributed by atoms with E-state index in [0.717, 1.165) is 18.7 Å². The number of benzene rings is 1. The summed E-state index contributed by atoms with van der Waals surface area (Å²) in [5, 5.41) is 16.3. The summed E-state index contributed by atoms with van der Waals surface area (Å²) in [6, 6.07) is 5.36. The molecule has 0 atom stereocenters. The third-order valence-corrected chi connectivity index (χ3v) is 6.66. The number of phenols is 1. The first-order valence-corrected chi connectivity index (χ1v) is 12.0. The molecule has 176 valence electrons. The maximum absolute atomic E-state index is 13.2. The Morgan fingerprint density at radius 1 is 1.15 bits per heavy atom. The van der Waals surface area contributed by atoms with Crippen LogP contribution in [0.3, 0.4) is 0 Å². The molecule has 1 aliphatic rings. The number of aromatic nitrogens is 5. The molecule has 10 heteroatoms. The molecule has 0 bridgehead atoms. The lowest BCUT2D eigenvalue weighted by Gasteiger charge is -2.16. The fourth-order valence-electron chi connectivity index (χ4n) is 4.38. The number of aromatic amines is 1. The smallest absolute Gasteiger partial charge is 0.262 e. The number of hydrogen-bond acceptors (Lipinski definition) is 6. The summed E-state index contributed by atoms with van der Waals surface area (Å²) in [5.41, 5.74) is 2.44. The standard InChI is InChI=1S/C24H24Cl2N6O2/c1-13(2)20-19-23(32(30-20)21-16(25)10-27-11-17(21)26)28-22(29-24(19)34)14-5-6-15(18(33)9-14)12-31-7-3-4-8-31/h5-6,9-11,13,33H,3-4,7-8,12H2,1-2H3,(H,28,29,34). The molecule has 1 aliphatic heterocycles. The molecule has 1 aromatic carbocycles. The monoisotopic (exact) mass is 498 g/mol. The third kappa shape index (κ3) is 4.06. The molecule has 0 aliphatic carbocycles. The molecule has 4 heterocycles. The number of nitrogens with one attached hydrogen (secondary N) is 1. The topological polar surface area (TPSA) is 99.9 Å². The van der Waals surface area contributed by atoms with Crippen molar-refractivity contribution in [3.8, 4) is 22.8 Å². The van der Waals surface area contributed by atoms with Gasteiger partial charge in [-0.15, -0.1) is 0 Å². The number of hydrogen-bond donors (Lipinski definition) is 2. The van der Waals surface area contributed by atoms with Crippen LogP contribution in [-0.2, 0) is 6.54 Å². The predicted octanol–water partition coefficient (Wildman–Crippen LogP) is 4.90. The number of pyridine rings is 1. The van der Waals surface area contributed by atoms with Crippen molar-refractivity contribution in [1.82, 2.24) is 29.6 Å². The third-order valence-electron chi connectivity index (χ3n) is 6.10. The van der Waals surface area contributed by atoms with E-state index < -0.39 is 0 Å². The van der Waals surface area contributed by atoms with Crippen molar-refractivity contribution in [2.75, 3.05) is 13.1 Å². The molecule has 8 nitrogen and oxygen atoms in total. The van der Waals surface area contributed by atoms with E-state index in [4.69, 9.17) is 28.2 Å². The van der Waals surface area contributed by atoms with Gasteiger partial charge in [-0.05, 0) is 37.9 Å². The quantitative estimate of drug-likeness (QED) is 0.405. The van der Waals surface area contributed by atoms with E-state index in [1.165, 1.54) is 29.9 Å². The summed E-state index contributed by atoms with van der Waals surface area (Å²) in [6.07, 6.45) is 5.30. The van der Waals surface area contributed by atoms with Gasteiger partial charge in [-0.3, -0.25) is 14.7 Å². The van der Waals surface area contributed by atoms with Gasteiger partial charge < -0.3 is 10.1 Å². The fourth-order valence-corrected chi connectivity index (χ4v) is 4.91. The second kappa shape index (κ2) is 9.02. The van der Waals surface area contributed by atoms with Crippen molar-refractivity contribution in [2.24, 2.45) is 0 Å². The molecule has 0 saturated carbocycles. The highest BCUT2D eigenvalue weighted by atomic mass is 35.5. The van der Waals surface area contributed by atoms with Crippen LogP contribution >= 0.6 is 23.2 Å². The van der Waals surface area contributed by atoms with Gasteiger partial charge in [-0.1, -0.05) is 49.2 Å². The Labute approximate surface area is 206 Å². The van der Waals surface area contributed by atoms with Crippen molar-refractivity contribution in [3.05, 3.63) is 62.2 Å². The van der Waals surface area contributed by atoms with Gasteiger partial charge in [0, 0.05) is 30.1 Å². The fraction of sp³-hybridized carbons (Fsp3) is 0.333. The van der Waals surface area contributed by atoms with Crippen molar-refractivity contribution in [1.29, 1.82) is 0 Å². The van der Waals surface area contributed by atoms with Gasteiger partial charge in [-0.2, -0.15) is 5.10 Å². The summed E-state index contributed by atoms with van der Waals surface area (Å²) < 4.78 is 1.50. The normalized spacial score (nSPS) is 14.5. The molecule has 1 saturated heterocycles. The average Bonchev–Trinajstić information content (AvgIpc) is 3.43. The number of halogens is 2. The van der Waals surface area contributed by atoms with Crippen LogP contribution in [0.5, 0.6) is 5.75 Å². The minimum Gasteiger partial charge on any atom is -0.508 e. The lowest BCUT2D eigenvalue weighted by Crippen LogP contribution is -2.18.